The van der Waals surface area contributed by atoms with Crippen LogP contribution in [0.3, 0.4) is 0 Å². The fourth-order valence-corrected chi connectivity index (χ4v) is 3.67. The van der Waals surface area contributed by atoms with Gasteiger partial charge < -0.3 is 10.5 Å². The second kappa shape index (κ2) is 5.97. The second-order valence-electron chi connectivity index (χ2n) is 4.50. The molecule has 3 nitrogen and oxygen atoms in total. The van der Waals surface area contributed by atoms with Gasteiger partial charge in [0.2, 0.25) is 0 Å². The standard InChI is InChI=1S/C15H16BrNO2S/c1-4-19-15(18)14-12(17)9(3)13(20-14)10-7-8(2)5-6-11(10)16/h5-7H,4,17H2,1-3H3. The van der Waals surface area contributed by atoms with E-state index in [2.05, 4.69) is 22.0 Å². The average molecular weight is 354 g/mol. The van der Waals surface area contributed by atoms with Crippen molar-refractivity contribution in [3.05, 3.63) is 38.7 Å². The molecule has 0 fully saturated rings. The quantitative estimate of drug-likeness (QED) is 0.823. The van der Waals surface area contributed by atoms with Crippen LogP contribution in [0.15, 0.2) is 22.7 Å². The topological polar surface area (TPSA) is 52.3 Å². The highest BCUT2D eigenvalue weighted by atomic mass is 79.9. The highest BCUT2D eigenvalue weighted by Crippen LogP contribution is 2.41. The summed E-state index contributed by atoms with van der Waals surface area (Å²) in [7, 11) is 0. The summed E-state index contributed by atoms with van der Waals surface area (Å²) < 4.78 is 6.04. The molecule has 1 aromatic carbocycles. The largest absolute Gasteiger partial charge is 0.462 e. The van der Waals surface area contributed by atoms with Crippen molar-refractivity contribution in [1.29, 1.82) is 0 Å². The first-order valence-electron chi connectivity index (χ1n) is 6.28. The van der Waals surface area contributed by atoms with Crippen LogP contribution in [0.1, 0.15) is 27.7 Å². The number of rotatable bonds is 3. The van der Waals surface area contributed by atoms with Crippen LogP contribution in [0.2, 0.25) is 0 Å². The van der Waals surface area contributed by atoms with Crippen LogP contribution in [0.5, 0.6) is 0 Å². The lowest BCUT2D eigenvalue weighted by atomic mass is 10.1. The second-order valence-corrected chi connectivity index (χ2v) is 6.38. The Kier molecular flexibility index (Phi) is 4.50. The van der Waals surface area contributed by atoms with Crippen LogP contribution in [0.4, 0.5) is 5.69 Å². The molecule has 5 heteroatoms. The first kappa shape index (κ1) is 15.1. The number of thiophene rings is 1. The van der Waals surface area contributed by atoms with Crippen LogP contribution in [0, 0.1) is 13.8 Å². The number of halogens is 1. The molecule has 0 atom stereocenters. The highest BCUT2D eigenvalue weighted by molar-refractivity contribution is 9.10. The normalized spacial score (nSPS) is 10.6. The summed E-state index contributed by atoms with van der Waals surface area (Å²) in [4.78, 5) is 13.4. The minimum Gasteiger partial charge on any atom is -0.462 e. The van der Waals surface area contributed by atoms with E-state index in [9.17, 15) is 4.79 Å². The Balaban J connectivity index is 2.56. The number of carbonyl (C=O) groups excluding carboxylic acids is 1. The molecule has 106 valence electrons. The number of hydrogen-bond acceptors (Lipinski definition) is 4. The van der Waals surface area contributed by atoms with Gasteiger partial charge in [-0.2, -0.15) is 0 Å². The van der Waals surface area contributed by atoms with Gasteiger partial charge in [-0.15, -0.1) is 11.3 Å². The van der Waals surface area contributed by atoms with Gasteiger partial charge in [0.15, 0.2) is 0 Å². The number of carbonyl (C=O) groups is 1. The maximum absolute atomic E-state index is 11.9. The fourth-order valence-electron chi connectivity index (χ4n) is 1.94. The van der Waals surface area contributed by atoms with Gasteiger partial charge in [-0.05, 0) is 38.5 Å². The van der Waals surface area contributed by atoms with Crippen molar-refractivity contribution in [3.63, 3.8) is 0 Å². The SMILES string of the molecule is CCOC(=O)c1sc(-c2cc(C)ccc2Br)c(C)c1N. The number of esters is 1. The summed E-state index contributed by atoms with van der Waals surface area (Å²) >= 11 is 4.93. The molecule has 0 unspecified atom stereocenters. The van der Waals surface area contributed by atoms with Crippen molar-refractivity contribution < 1.29 is 9.53 Å². The molecule has 0 radical (unpaired) electrons. The van der Waals surface area contributed by atoms with Crippen molar-refractivity contribution >= 4 is 38.9 Å². The third-order valence-corrected chi connectivity index (χ3v) is 5.03. The number of ether oxygens (including phenoxy) is 1. The molecular formula is C15H16BrNO2S. The summed E-state index contributed by atoms with van der Waals surface area (Å²) in [6.45, 7) is 6.10. The number of hydrogen-bond donors (Lipinski definition) is 1. The van der Waals surface area contributed by atoms with E-state index in [0.717, 1.165) is 26.0 Å². The summed E-state index contributed by atoms with van der Waals surface area (Å²) in [5.74, 6) is -0.354. The smallest absolute Gasteiger partial charge is 0.350 e. The first-order valence-corrected chi connectivity index (χ1v) is 7.89. The van der Waals surface area contributed by atoms with Gasteiger partial charge in [0.25, 0.3) is 0 Å². The number of anilines is 1. The van der Waals surface area contributed by atoms with E-state index in [1.165, 1.54) is 11.3 Å². The Morgan fingerprint density at radius 1 is 1.40 bits per heavy atom. The predicted molar refractivity (Wildman–Crippen MR) is 87.3 cm³/mol. The van der Waals surface area contributed by atoms with E-state index in [-0.39, 0.29) is 5.97 Å². The Hall–Kier alpha value is -1.33. The van der Waals surface area contributed by atoms with Gasteiger partial charge in [-0.1, -0.05) is 27.6 Å². The molecule has 0 aliphatic heterocycles. The summed E-state index contributed by atoms with van der Waals surface area (Å²) in [6.07, 6.45) is 0. The van der Waals surface area contributed by atoms with E-state index in [1.807, 2.05) is 26.0 Å². The third-order valence-electron chi connectivity index (χ3n) is 3.02. The van der Waals surface area contributed by atoms with Gasteiger partial charge in [-0.3, -0.25) is 0 Å². The first-order chi connectivity index (χ1) is 9.45. The van der Waals surface area contributed by atoms with E-state index in [4.69, 9.17) is 10.5 Å². The molecule has 0 bridgehead atoms. The summed E-state index contributed by atoms with van der Waals surface area (Å²) in [5.41, 5.74) is 9.70. The minimum absolute atomic E-state index is 0.346. The molecule has 0 aliphatic carbocycles. The van der Waals surface area contributed by atoms with Crippen molar-refractivity contribution in [1.82, 2.24) is 0 Å². The molecule has 1 aromatic heterocycles. The van der Waals surface area contributed by atoms with E-state index in [0.29, 0.717) is 17.2 Å². The van der Waals surface area contributed by atoms with Crippen LogP contribution in [-0.4, -0.2) is 12.6 Å². The zero-order chi connectivity index (χ0) is 14.9. The molecule has 0 spiro atoms. The van der Waals surface area contributed by atoms with Gasteiger partial charge in [0.1, 0.15) is 4.88 Å². The molecule has 1 heterocycles. The third kappa shape index (κ3) is 2.74. The van der Waals surface area contributed by atoms with Gasteiger partial charge in [-0.25, -0.2) is 4.79 Å². The van der Waals surface area contributed by atoms with Crippen molar-refractivity contribution in [2.45, 2.75) is 20.8 Å². The fraction of sp³-hybridized carbons (Fsp3) is 0.267. The molecule has 0 aliphatic rings. The van der Waals surface area contributed by atoms with E-state index >= 15 is 0 Å². The maximum atomic E-state index is 11.9. The molecule has 0 saturated heterocycles. The van der Waals surface area contributed by atoms with Gasteiger partial charge >= 0.3 is 5.97 Å². The Morgan fingerprint density at radius 2 is 2.10 bits per heavy atom. The Bertz CT molecular complexity index is 664. The zero-order valence-electron chi connectivity index (χ0n) is 11.6. The van der Waals surface area contributed by atoms with Crippen molar-refractivity contribution in [2.24, 2.45) is 0 Å². The summed E-state index contributed by atoms with van der Waals surface area (Å²) in [6, 6.07) is 6.12. The molecule has 2 rings (SSSR count). The van der Waals surface area contributed by atoms with Gasteiger partial charge in [0, 0.05) is 14.9 Å². The maximum Gasteiger partial charge on any atom is 0.350 e. The molecule has 2 aromatic rings. The van der Waals surface area contributed by atoms with E-state index in [1.54, 1.807) is 6.92 Å². The summed E-state index contributed by atoms with van der Waals surface area (Å²) in [5, 5.41) is 0. The number of nitrogens with two attached hydrogens (primary N) is 1. The lowest BCUT2D eigenvalue weighted by Gasteiger charge is -2.05. The Morgan fingerprint density at radius 3 is 2.75 bits per heavy atom. The number of nitrogen functional groups attached to an aromatic ring is 1. The molecule has 0 saturated carbocycles. The molecule has 0 amide bonds. The predicted octanol–water partition coefficient (Wildman–Crippen LogP) is 4.55. The molecule has 2 N–H and O–H groups in total. The number of aryl methyl sites for hydroxylation is 1. The average Bonchev–Trinajstić information content (AvgIpc) is 2.70. The lowest BCUT2D eigenvalue weighted by Crippen LogP contribution is -2.05. The minimum atomic E-state index is -0.354. The number of benzene rings is 1. The van der Waals surface area contributed by atoms with Crippen molar-refractivity contribution in [2.75, 3.05) is 12.3 Å². The van der Waals surface area contributed by atoms with Gasteiger partial charge in [0.05, 0.1) is 12.3 Å². The molecular weight excluding hydrogens is 338 g/mol. The van der Waals surface area contributed by atoms with Crippen molar-refractivity contribution in [3.8, 4) is 10.4 Å². The van der Waals surface area contributed by atoms with Crippen LogP contribution < -0.4 is 5.73 Å². The van der Waals surface area contributed by atoms with E-state index < -0.39 is 0 Å². The Labute approximate surface area is 130 Å². The van der Waals surface area contributed by atoms with Crippen LogP contribution in [-0.2, 0) is 4.74 Å². The monoisotopic (exact) mass is 353 g/mol. The van der Waals surface area contributed by atoms with Crippen LogP contribution >= 0.6 is 27.3 Å². The lowest BCUT2D eigenvalue weighted by molar-refractivity contribution is 0.0533. The highest BCUT2D eigenvalue weighted by Gasteiger charge is 2.21. The van der Waals surface area contributed by atoms with Crippen LogP contribution in [0.25, 0.3) is 10.4 Å². The zero-order valence-corrected chi connectivity index (χ0v) is 14.0. The molecule has 20 heavy (non-hydrogen) atoms.